The van der Waals surface area contributed by atoms with Gasteiger partial charge < -0.3 is 0 Å². The van der Waals surface area contributed by atoms with Crippen LogP contribution in [0.1, 0.15) is 29.5 Å². The molecule has 0 aromatic heterocycles. The Bertz CT molecular complexity index is 853. The van der Waals surface area contributed by atoms with Crippen LogP contribution in [0.5, 0.6) is 0 Å². The van der Waals surface area contributed by atoms with Crippen LogP contribution in [0.15, 0.2) is 18.2 Å². The number of benzene rings is 1. The fourth-order valence-electron chi connectivity index (χ4n) is 2.83. The molecule has 0 spiro atoms. The third-order valence-corrected chi connectivity index (χ3v) is 4.82. The van der Waals surface area contributed by atoms with Crippen molar-refractivity contribution in [3.8, 4) is 0 Å². The zero-order chi connectivity index (χ0) is 29.0. The molecule has 0 unspecified atom stereocenters. The molecule has 36 heavy (non-hydrogen) atoms. The first-order valence-corrected chi connectivity index (χ1v) is 9.00. The largest absolute Gasteiger partial charge is 0.460 e. The summed E-state index contributed by atoms with van der Waals surface area (Å²) in [6.07, 6.45) is -17.7. The van der Waals surface area contributed by atoms with E-state index in [4.69, 9.17) is 0 Å². The van der Waals surface area contributed by atoms with E-state index in [1.165, 1.54) is 0 Å². The van der Waals surface area contributed by atoms with Gasteiger partial charge in [0.15, 0.2) is 0 Å². The van der Waals surface area contributed by atoms with Crippen molar-refractivity contribution < 1.29 is 79.0 Å². The van der Waals surface area contributed by atoms with Gasteiger partial charge in [0.2, 0.25) is 0 Å². The Morgan fingerprint density at radius 1 is 0.500 bits per heavy atom. The Labute approximate surface area is 189 Å². The van der Waals surface area contributed by atoms with Crippen LogP contribution < -0.4 is 0 Å². The first kappa shape index (κ1) is 32.0. The van der Waals surface area contributed by atoms with Crippen molar-refractivity contribution in [3.63, 3.8) is 0 Å². The Morgan fingerprint density at radius 2 is 0.806 bits per heavy atom. The average Bonchev–Trinajstić information content (AvgIpc) is 2.69. The topological polar surface area (TPSA) is 0 Å². The predicted octanol–water partition coefficient (Wildman–Crippen LogP) is 8.69. The molecule has 0 saturated carbocycles. The number of unbranched alkanes of at least 4 members (excludes halogenated alkanes) is 1. The number of alkyl halides is 18. The lowest BCUT2D eigenvalue weighted by molar-refractivity contribution is -0.400. The fourth-order valence-corrected chi connectivity index (χ4v) is 2.83. The third kappa shape index (κ3) is 4.56. The Morgan fingerprint density at radius 3 is 1.06 bits per heavy atom. The van der Waals surface area contributed by atoms with E-state index in [-0.39, 0.29) is 6.07 Å². The van der Waals surface area contributed by atoms with E-state index in [1.54, 1.807) is 0 Å². The number of rotatable bonds is 9. The van der Waals surface area contributed by atoms with Gasteiger partial charge in [-0.25, -0.2) is 0 Å². The summed E-state index contributed by atoms with van der Waals surface area (Å²) in [6.45, 7) is 3.02. The lowest BCUT2D eigenvalue weighted by atomic mass is 9.84. The van der Waals surface area contributed by atoms with E-state index in [0.717, 1.165) is 0 Å². The van der Waals surface area contributed by atoms with Crippen LogP contribution in [0.4, 0.5) is 79.0 Å². The summed E-state index contributed by atoms with van der Waals surface area (Å²) in [5, 5.41) is 0. The van der Waals surface area contributed by atoms with Gasteiger partial charge in [0.05, 0.1) is 0 Å². The Kier molecular flexibility index (Phi) is 8.05. The third-order valence-electron chi connectivity index (χ3n) is 4.82. The summed E-state index contributed by atoms with van der Waals surface area (Å²) >= 11 is 0. The van der Waals surface area contributed by atoms with E-state index in [1.807, 2.05) is 0 Å². The highest BCUT2D eigenvalue weighted by Gasteiger charge is 2.84. The van der Waals surface area contributed by atoms with E-state index in [0.29, 0.717) is 0 Å². The smallest absolute Gasteiger partial charge is 0.194 e. The number of hydrogen-bond donors (Lipinski definition) is 0. The summed E-state index contributed by atoms with van der Waals surface area (Å²) in [5.41, 5.74) is -8.02. The molecule has 0 aliphatic carbocycles. The summed E-state index contributed by atoms with van der Waals surface area (Å²) in [6, 6.07) is -1.28. The van der Waals surface area contributed by atoms with Crippen molar-refractivity contribution in [3.05, 3.63) is 41.8 Å². The molecular formula is C18H11F18. The van der Waals surface area contributed by atoms with Gasteiger partial charge in [-0.2, -0.15) is 79.0 Å². The first-order valence-electron chi connectivity index (χ1n) is 9.00. The van der Waals surface area contributed by atoms with Gasteiger partial charge >= 0.3 is 47.9 Å². The molecule has 0 aliphatic rings. The second-order valence-electron chi connectivity index (χ2n) is 7.23. The molecule has 0 bridgehead atoms. The van der Waals surface area contributed by atoms with Gasteiger partial charge in [-0.15, -0.1) is 0 Å². The Hall–Kier alpha value is -2.04. The predicted molar refractivity (Wildman–Crippen MR) is 84.4 cm³/mol. The molecule has 1 radical (unpaired) electrons. The van der Waals surface area contributed by atoms with Crippen molar-refractivity contribution in [2.24, 2.45) is 0 Å². The normalized spacial score (nSPS) is 15.4. The van der Waals surface area contributed by atoms with E-state index >= 15 is 0 Å². The van der Waals surface area contributed by atoms with Crippen LogP contribution in [-0.2, 0) is 18.3 Å². The van der Waals surface area contributed by atoms with Gasteiger partial charge in [-0.05, 0) is 18.4 Å². The highest BCUT2D eigenvalue weighted by molar-refractivity contribution is 5.43. The minimum atomic E-state index is -7.56. The molecule has 0 amide bonds. The highest BCUT2D eigenvalue weighted by atomic mass is 19.4. The van der Waals surface area contributed by atoms with Gasteiger partial charge in [0.1, 0.15) is 0 Å². The van der Waals surface area contributed by atoms with E-state index in [2.05, 4.69) is 6.92 Å². The molecule has 1 aromatic rings. The highest BCUT2D eigenvalue weighted by Crippen LogP contribution is 2.60. The van der Waals surface area contributed by atoms with Crippen LogP contribution in [0.25, 0.3) is 0 Å². The second-order valence-corrected chi connectivity index (χ2v) is 7.23. The van der Waals surface area contributed by atoms with Crippen molar-refractivity contribution in [2.75, 3.05) is 0 Å². The first-order chi connectivity index (χ1) is 15.7. The van der Waals surface area contributed by atoms with E-state index < -0.39 is 96.0 Å². The number of halogens is 18. The molecule has 209 valence electrons. The van der Waals surface area contributed by atoms with Gasteiger partial charge in [-0.1, -0.05) is 31.5 Å². The molecule has 1 aromatic carbocycles. The van der Waals surface area contributed by atoms with Crippen molar-refractivity contribution in [1.82, 2.24) is 0 Å². The van der Waals surface area contributed by atoms with Crippen molar-refractivity contribution in [2.45, 2.75) is 67.2 Å². The molecule has 1 rings (SSSR count). The maximum absolute atomic E-state index is 14.4. The molecule has 0 fully saturated rings. The summed E-state index contributed by atoms with van der Waals surface area (Å²) < 4.78 is 240. The van der Waals surface area contributed by atoms with Crippen molar-refractivity contribution >= 4 is 0 Å². The minimum absolute atomic E-state index is 0.330. The van der Waals surface area contributed by atoms with Crippen LogP contribution in [-0.4, -0.2) is 36.0 Å². The molecule has 0 heterocycles. The molecule has 0 saturated heterocycles. The lowest BCUT2D eigenvalue weighted by Gasteiger charge is -2.37. The minimum Gasteiger partial charge on any atom is -0.194 e. The Balaban J connectivity index is 4.02. The molecule has 18 heteroatoms. The summed E-state index contributed by atoms with van der Waals surface area (Å²) in [4.78, 5) is 0. The summed E-state index contributed by atoms with van der Waals surface area (Å²) in [7, 11) is 0. The maximum atomic E-state index is 14.4. The zero-order valence-corrected chi connectivity index (χ0v) is 16.9. The van der Waals surface area contributed by atoms with Crippen LogP contribution in [0.3, 0.4) is 0 Å². The van der Waals surface area contributed by atoms with Gasteiger partial charge in [0, 0.05) is 11.1 Å². The summed E-state index contributed by atoms with van der Waals surface area (Å²) in [5.74, 6) is -43.7. The van der Waals surface area contributed by atoms with E-state index in [9.17, 15) is 79.0 Å². The molecule has 0 atom stereocenters. The molecule has 0 aliphatic heterocycles. The van der Waals surface area contributed by atoms with Crippen LogP contribution in [0.2, 0.25) is 0 Å². The van der Waals surface area contributed by atoms with Crippen molar-refractivity contribution in [1.29, 1.82) is 0 Å². The average molecular weight is 569 g/mol. The van der Waals surface area contributed by atoms with Gasteiger partial charge in [0.25, 0.3) is 0 Å². The lowest BCUT2D eigenvalue weighted by Crippen LogP contribution is -2.60. The molecule has 0 N–H and O–H groups in total. The quantitative estimate of drug-likeness (QED) is 0.261. The molecule has 0 nitrogen and oxygen atoms in total. The van der Waals surface area contributed by atoms with Crippen LogP contribution in [0, 0.1) is 6.92 Å². The maximum Gasteiger partial charge on any atom is 0.460 e. The molecular weight excluding hydrogens is 558 g/mol. The monoisotopic (exact) mass is 569 g/mol. The second kappa shape index (κ2) is 9.06. The fraction of sp³-hybridized carbons (Fsp3) is 0.611. The standard InChI is InChI=1S/C18H11F18/c1-2-3-5-8-9(11(19,20)13(23,24)15(27,28)17(31,32)33)6-4-7-10(8)12(21,22)14(25,26)16(29,30)18(34,35)36/h4,6-7H,1-3,5H2. The zero-order valence-electron chi connectivity index (χ0n) is 16.9. The number of hydrogen-bond acceptors (Lipinski definition) is 0. The van der Waals surface area contributed by atoms with Gasteiger partial charge in [-0.3, -0.25) is 0 Å². The van der Waals surface area contributed by atoms with Crippen LogP contribution >= 0.6 is 0 Å². The SMILES string of the molecule is [CH2]CCCc1c(C(F)(F)C(F)(F)C(F)(F)C(F)(F)F)cccc1C(F)(F)C(F)(F)C(F)(F)C(F)(F)F.